The summed E-state index contributed by atoms with van der Waals surface area (Å²) in [4.78, 5) is 12.2. The van der Waals surface area contributed by atoms with Crippen molar-refractivity contribution in [2.75, 3.05) is 12.9 Å². The minimum Gasteiger partial charge on any atom is -0.493 e. The molecule has 1 aliphatic heterocycles. The fourth-order valence-electron chi connectivity index (χ4n) is 3.12. The minimum absolute atomic E-state index is 0.0810. The molecule has 1 atom stereocenters. The van der Waals surface area contributed by atoms with Crippen LogP contribution in [0.15, 0.2) is 59.1 Å². The summed E-state index contributed by atoms with van der Waals surface area (Å²) >= 11 is 1.48. The highest BCUT2D eigenvalue weighted by Gasteiger charge is 2.30. The van der Waals surface area contributed by atoms with Crippen molar-refractivity contribution in [3.63, 3.8) is 0 Å². The van der Waals surface area contributed by atoms with Crippen LogP contribution in [0, 0.1) is 11.3 Å². The number of carbonyl (C=O) groups is 1. The van der Waals surface area contributed by atoms with Crippen molar-refractivity contribution in [1.29, 1.82) is 5.26 Å². The van der Waals surface area contributed by atoms with E-state index in [9.17, 15) is 10.1 Å². The molecule has 3 rings (SSSR count). The third-order valence-electron chi connectivity index (χ3n) is 4.47. The third-order valence-corrected chi connectivity index (χ3v) is 5.37. The van der Waals surface area contributed by atoms with Crippen molar-refractivity contribution in [2.24, 2.45) is 0 Å². The van der Waals surface area contributed by atoms with Gasteiger partial charge < -0.3 is 14.8 Å². The van der Waals surface area contributed by atoms with Crippen LogP contribution in [0.4, 0.5) is 0 Å². The number of ether oxygens (including phenoxy) is 2. The number of nitriles is 1. The van der Waals surface area contributed by atoms with Gasteiger partial charge in [-0.3, -0.25) is 4.79 Å². The number of hydrogen-bond donors (Lipinski definition) is 1. The molecule has 144 valence electrons. The van der Waals surface area contributed by atoms with Crippen LogP contribution in [0.5, 0.6) is 11.5 Å². The molecule has 0 fully saturated rings. The Hall–Kier alpha value is -2.91. The Morgan fingerprint density at radius 1 is 1.21 bits per heavy atom. The van der Waals surface area contributed by atoms with Crippen LogP contribution in [0.1, 0.15) is 30.4 Å². The van der Waals surface area contributed by atoms with Gasteiger partial charge in [0.2, 0.25) is 5.91 Å². The summed E-state index contributed by atoms with van der Waals surface area (Å²) < 4.78 is 11.4. The van der Waals surface area contributed by atoms with Gasteiger partial charge >= 0.3 is 0 Å². The van der Waals surface area contributed by atoms with Gasteiger partial charge in [-0.25, -0.2) is 0 Å². The number of thioether (sulfide) groups is 1. The molecule has 0 aliphatic carbocycles. The molecular weight excluding hydrogens is 372 g/mol. The first-order valence-corrected chi connectivity index (χ1v) is 10.1. The highest BCUT2D eigenvalue weighted by atomic mass is 32.2. The largest absolute Gasteiger partial charge is 0.493 e. The molecule has 1 amide bonds. The highest BCUT2D eigenvalue weighted by Crippen LogP contribution is 2.39. The Balaban J connectivity index is 1.92. The summed E-state index contributed by atoms with van der Waals surface area (Å²) in [5.41, 5.74) is 2.50. The van der Waals surface area contributed by atoms with Crippen molar-refractivity contribution in [1.82, 2.24) is 5.32 Å². The Labute approximate surface area is 169 Å². The second-order valence-electron chi connectivity index (χ2n) is 6.28. The molecule has 6 heteroatoms. The smallest absolute Gasteiger partial charge is 0.225 e. The van der Waals surface area contributed by atoms with Crippen molar-refractivity contribution in [3.8, 4) is 17.6 Å². The number of nitrogens with one attached hydrogen (secondary N) is 1. The molecule has 1 heterocycles. The molecule has 5 nitrogen and oxygen atoms in total. The molecule has 1 N–H and O–H groups in total. The maximum absolute atomic E-state index is 12.2. The predicted octanol–water partition coefficient (Wildman–Crippen LogP) is 4.37. The van der Waals surface area contributed by atoms with E-state index in [-0.39, 0.29) is 18.2 Å². The predicted molar refractivity (Wildman–Crippen MR) is 110 cm³/mol. The van der Waals surface area contributed by atoms with Crippen molar-refractivity contribution >= 4 is 17.7 Å². The second-order valence-corrected chi connectivity index (χ2v) is 7.55. The van der Waals surface area contributed by atoms with Gasteiger partial charge in [-0.15, -0.1) is 11.8 Å². The molecule has 2 aromatic carbocycles. The number of amides is 1. The van der Waals surface area contributed by atoms with E-state index < -0.39 is 0 Å². The molecule has 0 bridgehead atoms. The Bertz CT molecular complexity index is 919. The maximum Gasteiger partial charge on any atom is 0.225 e. The Kier molecular flexibility index (Phi) is 6.62. The summed E-state index contributed by atoms with van der Waals surface area (Å²) in [6.07, 6.45) is 0.237. The SMILES string of the molecule is CCSC1=C(C#N)[C@@H](c2ccc(OC)c(OCc3ccccc3)c2)CC(=O)N1. The number of hydrogen-bond acceptors (Lipinski definition) is 5. The van der Waals surface area contributed by atoms with Crippen molar-refractivity contribution in [2.45, 2.75) is 25.9 Å². The molecule has 0 spiro atoms. The second kappa shape index (κ2) is 9.34. The zero-order valence-corrected chi connectivity index (χ0v) is 16.7. The van der Waals surface area contributed by atoms with E-state index in [2.05, 4.69) is 11.4 Å². The van der Waals surface area contributed by atoms with E-state index in [1.165, 1.54) is 11.8 Å². The van der Waals surface area contributed by atoms with Crippen LogP contribution in [0.3, 0.4) is 0 Å². The van der Waals surface area contributed by atoms with Crippen LogP contribution >= 0.6 is 11.8 Å². The molecule has 2 aromatic rings. The molecular formula is C22H22N2O3S. The zero-order chi connectivity index (χ0) is 19.9. The van der Waals surface area contributed by atoms with Crippen LogP contribution in [-0.4, -0.2) is 18.8 Å². The molecule has 1 aliphatic rings. The van der Waals surface area contributed by atoms with Gasteiger partial charge in [0.1, 0.15) is 6.61 Å². The van der Waals surface area contributed by atoms with E-state index in [1.807, 2.05) is 55.5 Å². The van der Waals surface area contributed by atoms with Crippen LogP contribution in [-0.2, 0) is 11.4 Å². The lowest BCUT2D eigenvalue weighted by Gasteiger charge is -2.25. The number of methoxy groups -OCH3 is 1. The fourth-order valence-corrected chi connectivity index (χ4v) is 3.94. The lowest BCUT2D eigenvalue weighted by molar-refractivity contribution is -0.120. The number of benzene rings is 2. The first-order chi connectivity index (χ1) is 13.7. The lowest BCUT2D eigenvalue weighted by atomic mass is 9.87. The van der Waals surface area contributed by atoms with Gasteiger partial charge in [0.25, 0.3) is 0 Å². The average molecular weight is 394 g/mol. The van der Waals surface area contributed by atoms with Gasteiger partial charge in [0.05, 0.1) is 23.8 Å². The van der Waals surface area contributed by atoms with Gasteiger partial charge in [0.15, 0.2) is 11.5 Å². The Morgan fingerprint density at radius 2 is 2.00 bits per heavy atom. The molecule has 0 radical (unpaired) electrons. The monoisotopic (exact) mass is 394 g/mol. The van der Waals surface area contributed by atoms with E-state index in [4.69, 9.17) is 9.47 Å². The first kappa shape index (κ1) is 19.8. The van der Waals surface area contributed by atoms with Crippen LogP contribution in [0.2, 0.25) is 0 Å². The lowest BCUT2D eigenvalue weighted by Crippen LogP contribution is -2.30. The summed E-state index contributed by atoms with van der Waals surface area (Å²) in [5.74, 6) is 1.62. The maximum atomic E-state index is 12.2. The van der Waals surface area contributed by atoms with E-state index in [0.29, 0.717) is 28.7 Å². The topological polar surface area (TPSA) is 71.3 Å². The van der Waals surface area contributed by atoms with Crippen molar-refractivity contribution < 1.29 is 14.3 Å². The zero-order valence-electron chi connectivity index (χ0n) is 15.9. The highest BCUT2D eigenvalue weighted by molar-refractivity contribution is 8.03. The standard InChI is InChI=1S/C22H22N2O3S/c1-3-28-22-18(13-23)17(12-21(25)24-22)16-9-10-19(26-2)20(11-16)27-14-15-7-5-4-6-8-15/h4-11,17H,3,12,14H2,1-2H3,(H,24,25)/t17-/m1/s1. The molecule has 28 heavy (non-hydrogen) atoms. The average Bonchev–Trinajstić information content (AvgIpc) is 2.72. The van der Waals surface area contributed by atoms with Gasteiger partial charge in [-0.1, -0.05) is 43.3 Å². The Morgan fingerprint density at radius 3 is 2.68 bits per heavy atom. The number of allylic oxidation sites excluding steroid dienone is 1. The number of carbonyl (C=O) groups excluding carboxylic acids is 1. The van der Waals surface area contributed by atoms with Gasteiger partial charge in [-0.2, -0.15) is 5.26 Å². The van der Waals surface area contributed by atoms with E-state index in [1.54, 1.807) is 7.11 Å². The summed E-state index contributed by atoms with van der Waals surface area (Å²) in [5, 5.41) is 13.2. The normalized spacial score (nSPS) is 16.3. The van der Waals surface area contributed by atoms with E-state index >= 15 is 0 Å². The summed E-state index contributed by atoms with van der Waals surface area (Å²) in [6, 6.07) is 17.7. The molecule has 0 saturated carbocycles. The fraction of sp³-hybridized carbons (Fsp3) is 0.273. The number of nitrogens with zero attached hydrogens (tertiary/aromatic N) is 1. The van der Waals surface area contributed by atoms with Crippen LogP contribution in [0.25, 0.3) is 0 Å². The van der Waals surface area contributed by atoms with Crippen molar-refractivity contribution in [3.05, 3.63) is 70.3 Å². The van der Waals surface area contributed by atoms with Crippen LogP contribution < -0.4 is 14.8 Å². The molecule has 0 unspecified atom stereocenters. The summed E-state index contributed by atoms with van der Waals surface area (Å²) in [7, 11) is 1.59. The molecule has 0 saturated heterocycles. The van der Waals surface area contributed by atoms with E-state index in [0.717, 1.165) is 16.9 Å². The summed E-state index contributed by atoms with van der Waals surface area (Å²) in [6.45, 7) is 2.40. The first-order valence-electron chi connectivity index (χ1n) is 9.07. The minimum atomic E-state index is -0.294. The quantitative estimate of drug-likeness (QED) is 0.755. The molecule has 0 aromatic heterocycles. The van der Waals surface area contributed by atoms with Gasteiger partial charge in [-0.05, 0) is 29.0 Å². The van der Waals surface area contributed by atoms with Gasteiger partial charge in [0, 0.05) is 12.3 Å². The number of rotatable bonds is 7. The third kappa shape index (κ3) is 4.49.